The maximum atomic E-state index is 2.54. The molecule has 0 amide bonds. The van der Waals surface area contributed by atoms with Gasteiger partial charge in [-0.15, -0.1) is 11.3 Å². The first-order valence-corrected chi connectivity index (χ1v) is 28.8. The lowest BCUT2D eigenvalue weighted by atomic mass is 9.70. The lowest BCUT2D eigenvalue weighted by Gasteiger charge is -2.31. The molecule has 2 aliphatic carbocycles. The normalized spacial score (nSPS) is 13.0. The lowest BCUT2D eigenvalue weighted by molar-refractivity contribution is 0.794. The quantitative estimate of drug-likeness (QED) is 0.162. The monoisotopic (exact) mass is 1050 g/mol. The van der Waals surface area contributed by atoms with Crippen LogP contribution >= 0.6 is 11.3 Å². The van der Waals surface area contributed by atoms with Crippen LogP contribution in [0.4, 0.5) is 17.1 Å². The predicted octanol–water partition coefficient (Wildman–Crippen LogP) is 20.9. The number of anilines is 3. The third-order valence-electron chi connectivity index (χ3n) is 17.9. The van der Waals surface area contributed by atoms with Crippen molar-refractivity contribution in [1.82, 2.24) is 9.13 Å². The molecular weight excluding hydrogens is 999 g/mol. The van der Waals surface area contributed by atoms with E-state index in [9.17, 15) is 0 Å². The van der Waals surface area contributed by atoms with E-state index in [0.717, 1.165) is 39.5 Å². The van der Waals surface area contributed by atoms with Gasteiger partial charge in [-0.25, -0.2) is 0 Å². The highest BCUT2D eigenvalue weighted by atomic mass is 32.1. The highest BCUT2D eigenvalue weighted by Gasteiger charge is 2.51. The lowest BCUT2D eigenvalue weighted by Crippen LogP contribution is -2.25. The van der Waals surface area contributed by atoms with Crippen LogP contribution in [0.25, 0.3) is 119 Å². The summed E-state index contributed by atoms with van der Waals surface area (Å²) in [6.07, 6.45) is 0. The molecule has 1 spiro atoms. The third kappa shape index (κ3) is 6.12. The predicted molar refractivity (Wildman–Crippen MR) is 342 cm³/mol. The molecule has 81 heavy (non-hydrogen) atoms. The van der Waals surface area contributed by atoms with Crippen LogP contribution in [0.2, 0.25) is 0 Å². The van der Waals surface area contributed by atoms with E-state index >= 15 is 0 Å². The summed E-state index contributed by atoms with van der Waals surface area (Å²) in [7, 11) is 0. The summed E-state index contributed by atoms with van der Waals surface area (Å²) in [5, 5.41) is 9.92. The Bertz CT molecular complexity index is 5270. The highest BCUT2D eigenvalue weighted by Crippen LogP contribution is 2.63. The van der Waals surface area contributed by atoms with Crippen LogP contribution in [0.5, 0.6) is 0 Å². The van der Waals surface area contributed by atoms with Gasteiger partial charge >= 0.3 is 0 Å². The Balaban J connectivity index is 0.930. The molecule has 376 valence electrons. The summed E-state index contributed by atoms with van der Waals surface area (Å²) in [4.78, 5) is 2.51. The number of hydrogen-bond acceptors (Lipinski definition) is 2. The Hall–Kier alpha value is -10.3. The molecular formula is C77H47N3S. The Kier molecular flexibility index (Phi) is 9.31. The summed E-state index contributed by atoms with van der Waals surface area (Å²) in [6.45, 7) is 0. The maximum absolute atomic E-state index is 2.54. The van der Waals surface area contributed by atoms with Gasteiger partial charge < -0.3 is 14.0 Å². The molecule has 2 aliphatic rings. The molecule has 0 saturated carbocycles. The first-order valence-electron chi connectivity index (χ1n) is 28.0. The molecule has 0 aliphatic heterocycles. The van der Waals surface area contributed by atoms with Gasteiger partial charge in [0.15, 0.2) is 0 Å². The Labute approximate surface area is 471 Å². The van der Waals surface area contributed by atoms with E-state index in [2.05, 4.69) is 299 Å². The standard InChI is InChI=1S/C77H47N3S/c1-2-21-49(22-3-1)79-70-35-14-9-27-57(70)58-42-39-51(46-72(58)79)78(50-41-44-68-64(45-50)56-26-8-13-34-67(56)77(68)65-32-11-6-24-54(65)55-25-7-12-33-66(55)77)52-40-43-63-73(47-52)80(69-36-16-20-48-19-4-5-23-53(48)69)71-37-18-29-60(75(63)71)62-31-17-30-61-59-28-10-15-38-74(59)81-76(61)62/h1-47H. The molecule has 0 atom stereocenters. The molecule has 0 N–H and O–H groups in total. The van der Waals surface area contributed by atoms with Crippen molar-refractivity contribution < 1.29 is 0 Å². The zero-order valence-electron chi connectivity index (χ0n) is 43.9. The molecule has 16 aromatic rings. The molecule has 0 saturated heterocycles. The number of benzene rings is 13. The fourth-order valence-electron chi connectivity index (χ4n) is 14.7. The highest BCUT2D eigenvalue weighted by molar-refractivity contribution is 7.26. The van der Waals surface area contributed by atoms with Crippen LogP contribution in [0.1, 0.15) is 22.3 Å². The number of thiophene rings is 1. The number of para-hydroxylation sites is 2. The molecule has 0 fully saturated rings. The summed E-state index contributed by atoms with van der Waals surface area (Å²) in [6, 6.07) is 107. The van der Waals surface area contributed by atoms with Crippen LogP contribution in [0.3, 0.4) is 0 Å². The summed E-state index contributed by atoms with van der Waals surface area (Å²) in [5.41, 5.74) is 22.7. The second-order valence-electron chi connectivity index (χ2n) is 21.9. The Morgan fingerprint density at radius 2 is 0.802 bits per heavy atom. The largest absolute Gasteiger partial charge is 0.310 e. The molecule has 18 rings (SSSR count). The van der Waals surface area contributed by atoms with Crippen LogP contribution in [-0.4, -0.2) is 9.13 Å². The molecule has 3 nitrogen and oxygen atoms in total. The molecule has 3 aromatic heterocycles. The second-order valence-corrected chi connectivity index (χ2v) is 22.9. The fraction of sp³-hybridized carbons (Fsp3) is 0.0130. The van der Waals surface area contributed by atoms with E-state index in [1.807, 2.05) is 11.3 Å². The maximum Gasteiger partial charge on any atom is 0.0725 e. The SMILES string of the molecule is c1ccc(-n2c3ccccc3c3ccc(N(c4ccc5c(c4)-c4ccccc4C54c5ccccc5-c5ccccc54)c4ccc5c6c(-c7cccc8c7sc7ccccc78)cccc6n(-c6cccc7ccccc67)c5c4)cc32)cc1. The van der Waals surface area contributed by atoms with Crippen molar-refractivity contribution in [2.75, 3.05) is 4.90 Å². The molecule has 0 bridgehead atoms. The number of aromatic nitrogens is 2. The number of nitrogens with zero attached hydrogens (tertiary/aromatic N) is 3. The van der Waals surface area contributed by atoms with Crippen LogP contribution < -0.4 is 4.90 Å². The van der Waals surface area contributed by atoms with Crippen LogP contribution in [-0.2, 0) is 5.41 Å². The summed E-state index contributed by atoms with van der Waals surface area (Å²) < 4.78 is 7.59. The number of hydrogen-bond donors (Lipinski definition) is 0. The molecule has 3 heterocycles. The van der Waals surface area contributed by atoms with Crippen LogP contribution in [0.15, 0.2) is 285 Å². The minimum absolute atomic E-state index is 0.450. The minimum atomic E-state index is -0.450. The first-order chi connectivity index (χ1) is 40.2. The van der Waals surface area contributed by atoms with Gasteiger partial charge in [0, 0.05) is 75.4 Å². The number of fused-ring (bicyclic) bond motifs is 20. The van der Waals surface area contributed by atoms with Gasteiger partial charge in [-0.1, -0.05) is 212 Å². The topological polar surface area (TPSA) is 13.1 Å². The van der Waals surface area contributed by atoms with E-state index in [4.69, 9.17) is 0 Å². The van der Waals surface area contributed by atoms with Crippen molar-refractivity contribution in [2.45, 2.75) is 5.41 Å². The van der Waals surface area contributed by atoms with Gasteiger partial charge in [-0.2, -0.15) is 0 Å². The van der Waals surface area contributed by atoms with E-state index in [0.29, 0.717) is 0 Å². The zero-order chi connectivity index (χ0) is 52.9. The van der Waals surface area contributed by atoms with Gasteiger partial charge in [0.25, 0.3) is 0 Å². The van der Waals surface area contributed by atoms with Gasteiger partial charge in [0.05, 0.1) is 33.2 Å². The van der Waals surface area contributed by atoms with Gasteiger partial charge in [-0.05, 0) is 128 Å². The van der Waals surface area contributed by atoms with Gasteiger partial charge in [0.2, 0.25) is 0 Å². The van der Waals surface area contributed by atoms with E-state index in [-0.39, 0.29) is 0 Å². The molecule has 0 unspecified atom stereocenters. The van der Waals surface area contributed by atoms with Crippen molar-refractivity contribution in [3.05, 3.63) is 307 Å². The smallest absolute Gasteiger partial charge is 0.0725 e. The Morgan fingerprint density at radius 3 is 1.58 bits per heavy atom. The second kappa shape index (κ2) is 16.9. The minimum Gasteiger partial charge on any atom is -0.310 e. The fourth-order valence-corrected chi connectivity index (χ4v) is 15.9. The van der Waals surface area contributed by atoms with E-state index < -0.39 is 5.41 Å². The summed E-state index contributed by atoms with van der Waals surface area (Å²) >= 11 is 1.89. The van der Waals surface area contributed by atoms with Crippen LogP contribution in [0, 0.1) is 0 Å². The third-order valence-corrected chi connectivity index (χ3v) is 19.1. The zero-order valence-corrected chi connectivity index (χ0v) is 44.7. The molecule has 4 heteroatoms. The van der Waals surface area contributed by atoms with Crippen molar-refractivity contribution >= 4 is 103 Å². The summed E-state index contributed by atoms with van der Waals surface area (Å²) in [5.74, 6) is 0. The van der Waals surface area contributed by atoms with E-state index in [1.54, 1.807) is 0 Å². The van der Waals surface area contributed by atoms with Crippen molar-refractivity contribution in [3.8, 4) is 44.8 Å². The first kappa shape index (κ1) is 44.7. The molecule has 0 radical (unpaired) electrons. The van der Waals surface area contributed by atoms with Gasteiger partial charge in [-0.3, -0.25) is 0 Å². The van der Waals surface area contributed by atoms with Crippen molar-refractivity contribution in [2.24, 2.45) is 0 Å². The average molecular weight is 1050 g/mol. The number of rotatable bonds is 6. The van der Waals surface area contributed by atoms with E-state index in [1.165, 1.54) is 119 Å². The van der Waals surface area contributed by atoms with Crippen molar-refractivity contribution in [3.63, 3.8) is 0 Å². The molecule has 13 aromatic carbocycles. The Morgan fingerprint density at radius 1 is 0.296 bits per heavy atom. The van der Waals surface area contributed by atoms with Gasteiger partial charge in [0.1, 0.15) is 0 Å². The average Bonchev–Trinajstić information content (AvgIpc) is 3.43. The van der Waals surface area contributed by atoms with Crippen molar-refractivity contribution in [1.29, 1.82) is 0 Å².